The van der Waals surface area contributed by atoms with E-state index in [1.807, 2.05) is 12.1 Å². The molecule has 3 rings (SSSR count). The zero-order valence-electron chi connectivity index (χ0n) is 14.9. The normalized spacial score (nSPS) is 10.4. The first-order valence-corrected chi connectivity index (χ1v) is 9.17. The molecule has 3 aromatic rings. The molecule has 0 bridgehead atoms. The molecule has 6 nitrogen and oxygen atoms in total. The number of hydrogen-bond donors (Lipinski definition) is 2. The van der Waals surface area contributed by atoms with Gasteiger partial charge in [0.05, 0.1) is 6.61 Å². The molecule has 0 unspecified atom stereocenters. The number of thiophene rings is 1. The van der Waals surface area contributed by atoms with E-state index in [9.17, 15) is 14.4 Å². The van der Waals surface area contributed by atoms with Gasteiger partial charge < -0.3 is 15.4 Å². The zero-order valence-corrected chi connectivity index (χ0v) is 15.7. The van der Waals surface area contributed by atoms with Gasteiger partial charge in [-0.3, -0.25) is 9.59 Å². The number of carbonyl (C=O) groups excluding carboxylic acids is 3. The summed E-state index contributed by atoms with van der Waals surface area (Å²) in [5.41, 5.74) is 1.73. The van der Waals surface area contributed by atoms with Gasteiger partial charge in [0.1, 0.15) is 4.88 Å². The van der Waals surface area contributed by atoms with Crippen molar-refractivity contribution >= 4 is 50.6 Å². The highest BCUT2D eigenvalue weighted by Crippen LogP contribution is 2.29. The Hall–Kier alpha value is -3.19. The quantitative estimate of drug-likeness (QED) is 0.645. The van der Waals surface area contributed by atoms with Crippen molar-refractivity contribution in [2.45, 2.75) is 13.8 Å². The van der Waals surface area contributed by atoms with Crippen LogP contribution in [0.5, 0.6) is 0 Å². The van der Waals surface area contributed by atoms with Crippen molar-refractivity contribution < 1.29 is 19.1 Å². The fraction of sp³-hybridized carbons (Fsp3) is 0.150. The molecular formula is C20H18N2O4S. The third-order valence-corrected chi connectivity index (χ3v) is 4.81. The van der Waals surface area contributed by atoms with Gasteiger partial charge in [0.15, 0.2) is 0 Å². The number of amides is 2. The molecule has 0 spiro atoms. The summed E-state index contributed by atoms with van der Waals surface area (Å²) in [5.74, 6) is -0.772. The summed E-state index contributed by atoms with van der Waals surface area (Å²) in [6, 6.07) is 13.8. The maximum Gasteiger partial charge on any atom is 0.348 e. The van der Waals surface area contributed by atoms with Crippen LogP contribution in [-0.4, -0.2) is 24.4 Å². The molecule has 7 heteroatoms. The minimum Gasteiger partial charge on any atom is -0.462 e. The molecule has 1 aromatic heterocycles. The molecule has 2 amide bonds. The molecule has 0 fully saturated rings. The van der Waals surface area contributed by atoms with E-state index in [1.54, 1.807) is 43.3 Å². The highest BCUT2D eigenvalue weighted by molar-refractivity contribution is 7.20. The minimum absolute atomic E-state index is 0.168. The van der Waals surface area contributed by atoms with E-state index in [1.165, 1.54) is 18.3 Å². The molecule has 1 heterocycles. The van der Waals surface area contributed by atoms with Crippen molar-refractivity contribution in [3.05, 3.63) is 59.0 Å². The van der Waals surface area contributed by atoms with Crippen molar-refractivity contribution in [2.75, 3.05) is 17.2 Å². The van der Waals surface area contributed by atoms with E-state index in [4.69, 9.17) is 4.74 Å². The number of hydrogen-bond acceptors (Lipinski definition) is 5. The van der Waals surface area contributed by atoms with Crippen LogP contribution in [0.4, 0.5) is 11.4 Å². The maximum absolute atomic E-state index is 12.4. The van der Waals surface area contributed by atoms with E-state index < -0.39 is 0 Å². The van der Waals surface area contributed by atoms with Crippen LogP contribution in [0.2, 0.25) is 0 Å². The van der Waals surface area contributed by atoms with E-state index in [0.717, 1.165) is 10.1 Å². The lowest BCUT2D eigenvalue weighted by atomic mass is 10.1. The van der Waals surface area contributed by atoms with Gasteiger partial charge in [-0.25, -0.2) is 4.79 Å². The Labute approximate surface area is 160 Å². The Balaban J connectivity index is 1.74. The van der Waals surface area contributed by atoms with Crippen LogP contribution in [0, 0.1) is 0 Å². The number of nitrogens with one attached hydrogen (secondary N) is 2. The molecule has 27 heavy (non-hydrogen) atoms. The van der Waals surface area contributed by atoms with Crippen molar-refractivity contribution in [1.82, 2.24) is 0 Å². The van der Waals surface area contributed by atoms with Gasteiger partial charge in [-0.05, 0) is 60.8 Å². The first-order chi connectivity index (χ1) is 13.0. The van der Waals surface area contributed by atoms with Crippen molar-refractivity contribution in [2.24, 2.45) is 0 Å². The van der Waals surface area contributed by atoms with Crippen molar-refractivity contribution in [3.8, 4) is 0 Å². The SMILES string of the molecule is CCOC(=O)c1cc2cc(NC(=O)c3ccc(NC(C)=O)cc3)ccc2s1. The van der Waals surface area contributed by atoms with E-state index in [2.05, 4.69) is 10.6 Å². The smallest absolute Gasteiger partial charge is 0.348 e. The Bertz CT molecular complexity index is 1010. The standard InChI is InChI=1S/C20H18N2O4S/c1-3-26-20(25)18-11-14-10-16(8-9-17(14)27-18)22-19(24)13-4-6-15(7-5-13)21-12(2)23/h4-11H,3H2,1-2H3,(H,21,23)(H,22,24). The lowest BCUT2D eigenvalue weighted by Crippen LogP contribution is -2.12. The van der Waals surface area contributed by atoms with Crippen LogP contribution in [0.3, 0.4) is 0 Å². The number of benzene rings is 2. The summed E-state index contributed by atoms with van der Waals surface area (Å²) in [5, 5.41) is 6.35. The Morgan fingerprint density at radius 2 is 1.67 bits per heavy atom. The van der Waals surface area contributed by atoms with Crippen LogP contribution in [0.25, 0.3) is 10.1 Å². The second-order valence-electron chi connectivity index (χ2n) is 5.80. The lowest BCUT2D eigenvalue weighted by molar-refractivity contribution is -0.114. The monoisotopic (exact) mass is 382 g/mol. The minimum atomic E-state index is -0.344. The summed E-state index contributed by atoms with van der Waals surface area (Å²) in [6.45, 7) is 3.52. The van der Waals surface area contributed by atoms with E-state index in [-0.39, 0.29) is 17.8 Å². The molecule has 0 aliphatic heterocycles. The lowest BCUT2D eigenvalue weighted by Gasteiger charge is -2.07. The Morgan fingerprint density at radius 3 is 2.33 bits per heavy atom. The van der Waals surface area contributed by atoms with Gasteiger partial charge in [0.2, 0.25) is 5.91 Å². The molecule has 0 saturated carbocycles. The van der Waals surface area contributed by atoms with Crippen LogP contribution in [0.1, 0.15) is 33.9 Å². The molecule has 0 saturated heterocycles. The number of anilines is 2. The molecular weight excluding hydrogens is 364 g/mol. The highest BCUT2D eigenvalue weighted by atomic mass is 32.1. The average molecular weight is 382 g/mol. The summed E-state index contributed by atoms with van der Waals surface area (Å²) in [7, 11) is 0. The summed E-state index contributed by atoms with van der Waals surface area (Å²) in [6.07, 6.45) is 0. The fourth-order valence-corrected chi connectivity index (χ4v) is 3.47. The highest BCUT2D eigenvalue weighted by Gasteiger charge is 2.12. The molecule has 2 N–H and O–H groups in total. The van der Waals surface area contributed by atoms with Crippen LogP contribution in [-0.2, 0) is 9.53 Å². The number of fused-ring (bicyclic) bond motifs is 1. The summed E-state index contributed by atoms with van der Waals surface area (Å²) < 4.78 is 5.96. The largest absolute Gasteiger partial charge is 0.462 e. The van der Waals surface area contributed by atoms with Crippen molar-refractivity contribution in [3.63, 3.8) is 0 Å². The van der Waals surface area contributed by atoms with Crippen LogP contribution >= 0.6 is 11.3 Å². The van der Waals surface area contributed by atoms with Gasteiger partial charge >= 0.3 is 5.97 Å². The predicted octanol–water partition coefficient (Wildman–Crippen LogP) is 4.29. The third-order valence-electron chi connectivity index (χ3n) is 3.72. The first-order valence-electron chi connectivity index (χ1n) is 8.36. The molecule has 0 aliphatic rings. The summed E-state index contributed by atoms with van der Waals surface area (Å²) in [4.78, 5) is 35.8. The number of rotatable bonds is 5. The second kappa shape index (κ2) is 8.01. The van der Waals surface area contributed by atoms with E-state index in [0.29, 0.717) is 28.4 Å². The fourth-order valence-electron chi connectivity index (χ4n) is 2.54. The van der Waals surface area contributed by atoms with Crippen LogP contribution in [0.15, 0.2) is 48.5 Å². The van der Waals surface area contributed by atoms with Crippen molar-refractivity contribution in [1.29, 1.82) is 0 Å². The Morgan fingerprint density at radius 1 is 0.963 bits per heavy atom. The maximum atomic E-state index is 12.4. The van der Waals surface area contributed by atoms with Gasteiger partial charge in [-0.1, -0.05) is 0 Å². The van der Waals surface area contributed by atoms with Gasteiger partial charge in [0.25, 0.3) is 5.91 Å². The number of ether oxygens (including phenoxy) is 1. The van der Waals surface area contributed by atoms with Crippen LogP contribution < -0.4 is 10.6 Å². The van der Waals surface area contributed by atoms with Gasteiger partial charge in [-0.2, -0.15) is 0 Å². The molecule has 0 atom stereocenters. The molecule has 0 aliphatic carbocycles. The van der Waals surface area contributed by atoms with E-state index >= 15 is 0 Å². The van der Waals surface area contributed by atoms with Gasteiger partial charge in [-0.15, -0.1) is 11.3 Å². The third kappa shape index (κ3) is 4.51. The Kier molecular flexibility index (Phi) is 5.52. The summed E-state index contributed by atoms with van der Waals surface area (Å²) >= 11 is 1.35. The first kappa shape index (κ1) is 18.6. The topological polar surface area (TPSA) is 84.5 Å². The molecule has 2 aromatic carbocycles. The average Bonchev–Trinajstić information content (AvgIpc) is 3.05. The number of esters is 1. The zero-order chi connectivity index (χ0) is 19.4. The molecule has 0 radical (unpaired) electrons. The van der Waals surface area contributed by atoms with Gasteiger partial charge in [0, 0.05) is 28.6 Å². The predicted molar refractivity (Wildman–Crippen MR) is 106 cm³/mol. The molecule has 138 valence electrons. The number of carbonyl (C=O) groups is 3. The second-order valence-corrected chi connectivity index (χ2v) is 6.88.